The maximum Gasteiger partial charge on any atom is 0.224 e. The van der Waals surface area contributed by atoms with E-state index in [1.165, 1.54) is 0 Å². The molecule has 0 bridgehead atoms. The largest absolute Gasteiger partial charge is 0.343 e. The summed E-state index contributed by atoms with van der Waals surface area (Å²) in [5, 5.41) is 0. The molecule has 20 heavy (non-hydrogen) atoms. The van der Waals surface area contributed by atoms with Gasteiger partial charge in [-0.1, -0.05) is 0 Å². The van der Waals surface area contributed by atoms with Crippen molar-refractivity contribution in [1.82, 2.24) is 14.8 Å². The minimum atomic E-state index is -0.00367. The van der Waals surface area contributed by atoms with E-state index in [0.717, 1.165) is 31.5 Å². The zero-order valence-corrected chi connectivity index (χ0v) is 11.9. The monoisotopic (exact) mass is 275 g/mol. The Labute approximate surface area is 119 Å². The van der Waals surface area contributed by atoms with Gasteiger partial charge in [0.25, 0.3) is 0 Å². The number of hydrogen-bond donors (Lipinski definition) is 0. The van der Waals surface area contributed by atoms with Crippen LogP contribution in [-0.4, -0.2) is 46.2 Å². The third-order valence-electron chi connectivity index (χ3n) is 3.62. The summed E-state index contributed by atoms with van der Waals surface area (Å²) >= 11 is 0. The molecule has 1 aromatic heterocycles. The Bertz CT molecular complexity index is 455. The highest BCUT2D eigenvalue weighted by atomic mass is 16.2. The van der Waals surface area contributed by atoms with E-state index >= 15 is 0 Å². The summed E-state index contributed by atoms with van der Waals surface area (Å²) in [6, 6.07) is 3.77. The van der Waals surface area contributed by atoms with Gasteiger partial charge in [0.15, 0.2) is 0 Å². The van der Waals surface area contributed by atoms with Crippen molar-refractivity contribution in [2.45, 2.75) is 32.7 Å². The van der Waals surface area contributed by atoms with Crippen molar-refractivity contribution in [3.8, 4) is 0 Å². The Balaban J connectivity index is 1.86. The van der Waals surface area contributed by atoms with Crippen molar-refractivity contribution in [1.29, 1.82) is 0 Å². The van der Waals surface area contributed by atoms with Crippen LogP contribution < -0.4 is 0 Å². The number of pyridine rings is 1. The van der Waals surface area contributed by atoms with Crippen LogP contribution in [-0.2, 0) is 16.1 Å². The zero-order chi connectivity index (χ0) is 14.4. The Kier molecular flexibility index (Phi) is 5.09. The molecular formula is C15H21N3O2. The highest BCUT2D eigenvalue weighted by Gasteiger charge is 2.19. The molecular weight excluding hydrogens is 254 g/mol. The molecule has 1 aliphatic rings. The molecule has 1 saturated heterocycles. The van der Waals surface area contributed by atoms with Crippen LogP contribution in [0.1, 0.15) is 31.7 Å². The van der Waals surface area contributed by atoms with Gasteiger partial charge in [-0.25, -0.2) is 0 Å². The molecule has 2 amide bonds. The van der Waals surface area contributed by atoms with Crippen molar-refractivity contribution in [3.63, 3.8) is 0 Å². The number of carbonyl (C=O) groups is 2. The molecule has 0 spiro atoms. The first-order chi connectivity index (χ1) is 9.66. The second kappa shape index (κ2) is 7.03. The lowest BCUT2D eigenvalue weighted by Crippen LogP contribution is -2.34. The molecule has 0 aromatic carbocycles. The Hall–Kier alpha value is -1.91. The third-order valence-corrected chi connectivity index (χ3v) is 3.62. The van der Waals surface area contributed by atoms with Crippen molar-refractivity contribution >= 4 is 11.8 Å². The van der Waals surface area contributed by atoms with Gasteiger partial charge in [0.05, 0.1) is 0 Å². The fourth-order valence-electron chi connectivity index (χ4n) is 2.41. The van der Waals surface area contributed by atoms with Crippen LogP contribution in [0, 0.1) is 0 Å². The van der Waals surface area contributed by atoms with Crippen molar-refractivity contribution in [2.24, 2.45) is 0 Å². The maximum atomic E-state index is 12.0. The van der Waals surface area contributed by atoms with Crippen LogP contribution >= 0.6 is 0 Å². The fourth-order valence-corrected chi connectivity index (χ4v) is 2.41. The molecule has 5 heteroatoms. The lowest BCUT2D eigenvalue weighted by molar-refractivity contribution is -0.133. The quantitative estimate of drug-likeness (QED) is 0.817. The summed E-state index contributed by atoms with van der Waals surface area (Å²) < 4.78 is 0. The van der Waals surface area contributed by atoms with Gasteiger partial charge in [0.2, 0.25) is 11.8 Å². The zero-order valence-electron chi connectivity index (χ0n) is 11.9. The lowest BCUT2D eigenvalue weighted by atomic mass is 10.2. The van der Waals surface area contributed by atoms with Crippen LogP contribution in [0.25, 0.3) is 0 Å². The van der Waals surface area contributed by atoms with E-state index in [2.05, 4.69) is 4.98 Å². The van der Waals surface area contributed by atoms with Gasteiger partial charge in [-0.3, -0.25) is 14.6 Å². The SMILES string of the molecule is CC(=O)N(CCC(=O)N1CCCC1)Cc1ccncc1. The Morgan fingerprint density at radius 3 is 2.50 bits per heavy atom. The molecule has 0 N–H and O–H groups in total. The molecule has 108 valence electrons. The number of amides is 2. The molecule has 0 saturated carbocycles. The predicted octanol–water partition coefficient (Wildman–Crippen LogP) is 1.44. The molecule has 0 radical (unpaired) electrons. The summed E-state index contributed by atoms with van der Waals surface area (Å²) in [6.07, 6.45) is 6.02. The molecule has 2 heterocycles. The summed E-state index contributed by atoms with van der Waals surface area (Å²) in [6.45, 7) is 4.28. The summed E-state index contributed by atoms with van der Waals surface area (Å²) in [5.74, 6) is 0.152. The number of likely N-dealkylation sites (tertiary alicyclic amines) is 1. The number of hydrogen-bond acceptors (Lipinski definition) is 3. The summed E-state index contributed by atoms with van der Waals surface area (Å²) in [5.41, 5.74) is 1.03. The minimum absolute atomic E-state index is 0.00367. The van der Waals surface area contributed by atoms with Gasteiger partial charge in [0.1, 0.15) is 0 Å². The molecule has 0 unspecified atom stereocenters. The minimum Gasteiger partial charge on any atom is -0.343 e. The van der Waals surface area contributed by atoms with Crippen molar-refractivity contribution < 1.29 is 9.59 Å². The molecule has 0 atom stereocenters. The van der Waals surface area contributed by atoms with E-state index in [4.69, 9.17) is 0 Å². The molecule has 1 aliphatic heterocycles. The first-order valence-corrected chi connectivity index (χ1v) is 7.09. The first kappa shape index (κ1) is 14.5. The van der Waals surface area contributed by atoms with Gasteiger partial charge in [-0.05, 0) is 30.5 Å². The second-order valence-corrected chi connectivity index (χ2v) is 5.13. The molecule has 5 nitrogen and oxygen atoms in total. The van der Waals surface area contributed by atoms with E-state index in [9.17, 15) is 9.59 Å². The van der Waals surface area contributed by atoms with E-state index in [0.29, 0.717) is 19.5 Å². The lowest BCUT2D eigenvalue weighted by Gasteiger charge is -2.22. The fraction of sp³-hybridized carbons (Fsp3) is 0.533. The van der Waals surface area contributed by atoms with Crippen molar-refractivity contribution in [2.75, 3.05) is 19.6 Å². The number of aromatic nitrogens is 1. The second-order valence-electron chi connectivity index (χ2n) is 5.13. The topological polar surface area (TPSA) is 53.5 Å². The highest BCUT2D eigenvalue weighted by Crippen LogP contribution is 2.10. The van der Waals surface area contributed by atoms with E-state index < -0.39 is 0 Å². The van der Waals surface area contributed by atoms with Gasteiger partial charge in [0, 0.05) is 51.9 Å². The van der Waals surface area contributed by atoms with Gasteiger partial charge < -0.3 is 9.80 Å². The average Bonchev–Trinajstić information content (AvgIpc) is 2.98. The smallest absolute Gasteiger partial charge is 0.224 e. The first-order valence-electron chi connectivity index (χ1n) is 7.09. The van der Waals surface area contributed by atoms with E-state index in [-0.39, 0.29) is 11.8 Å². The van der Waals surface area contributed by atoms with Crippen molar-refractivity contribution in [3.05, 3.63) is 30.1 Å². The van der Waals surface area contributed by atoms with Crippen LogP contribution in [0.3, 0.4) is 0 Å². The molecule has 1 fully saturated rings. The average molecular weight is 275 g/mol. The number of nitrogens with zero attached hydrogens (tertiary/aromatic N) is 3. The van der Waals surface area contributed by atoms with Crippen LogP contribution in [0.2, 0.25) is 0 Å². The van der Waals surface area contributed by atoms with Crippen LogP contribution in [0.5, 0.6) is 0 Å². The van der Waals surface area contributed by atoms with Gasteiger partial charge in [-0.2, -0.15) is 0 Å². The number of carbonyl (C=O) groups excluding carboxylic acids is 2. The molecule has 2 rings (SSSR count). The van der Waals surface area contributed by atoms with Crippen LogP contribution in [0.15, 0.2) is 24.5 Å². The number of rotatable bonds is 5. The Morgan fingerprint density at radius 1 is 1.25 bits per heavy atom. The third kappa shape index (κ3) is 4.05. The maximum absolute atomic E-state index is 12.0. The summed E-state index contributed by atoms with van der Waals surface area (Å²) in [4.78, 5) is 31.2. The standard InChI is InChI=1S/C15H21N3O2/c1-13(19)18(12-14-4-7-16-8-5-14)11-6-15(20)17-9-2-3-10-17/h4-5,7-8H,2-3,6,9-12H2,1H3. The predicted molar refractivity (Wildman–Crippen MR) is 75.8 cm³/mol. The van der Waals surface area contributed by atoms with Gasteiger partial charge >= 0.3 is 0 Å². The summed E-state index contributed by atoms with van der Waals surface area (Å²) in [7, 11) is 0. The van der Waals surface area contributed by atoms with E-state index in [1.807, 2.05) is 17.0 Å². The van der Waals surface area contributed by atoms with Gasteiger partial charge in [-0.15, -0.1) is 0 Å². The Morgan fingerprint density at radius 2 is 1.90 bits per heavy atom. The molecule has 0 aliphatic carbocycles. The normalized spacial score (nSPS) is 14.3. The highest BCUT2D eigenvalue weighted by molar-refractivity contribution is 5.78. The molecule has 1 aromatic rings. The van der Waals surface area contributed by atoms with Crippen LogP contribution in [0.4, 0.5) is 0 Å². The van der Waals surface area contributed by atoms with E-state index in [1.54, 1.807) is 24.2 Å².